The molecule has 2 aromatic carbocycles. The summed E-state index contributed by atoms with van der Waals surface area (Å²) in [6, 6.07) is 8.55. The van der Waals surface area contributed by atoms with Crippen molar-refractivity contribution in [2.75, 3.05) is 4.72 Å². The van der Waals surface area contributed by atoms with Gasteiger partial charge < -0.3 is 5.11 Å². The summed E-state index contributed by atoms with van der Waals surface area (Å²) in [6.45, 7) is 0. The van der Waals surface area contributed by atoms with Crippen molar-refractivity contribution in [3.63, 3.8) is 0 Å². The summed E-state index contributed by atoms with van der Waals surface area (Å²) in [5.41, 5.74) is -0.645. The Bertz CT molecular complexity index is 808. The third-order valence-electron chi connectivity index (χ3n) is 2.59. The van der Waals surface area contributed by atoms with Crippen molar-refractivity contribution >= 4 is 33.3 Å². The van der Waals surface area contributed by atoms with Crippen molar-refractivity contribution in [1.29, 1.82) is 0 Å². The molecule has 0 aromatic heterocycles. The van der Waals surface area contributed by atoms with Gasteiger partial charge in [-0.2, -0.15) is 0 Å². The van der Waals surface area contributed by atoms with Gasteiger partial charge in [0.2, 0.25) is 0 Å². The second-order valence-corrected chi connectivity index (χ2v) is 6.09. The zero-order chi connectivity index (χ0) is 15.6. The first-order valence-corrected chi connectivity index (χ1v) is 7.47. The number of rotatable bonds is 4. The van der Waals surface area contributed by atoms with Crippen molar-refractivity contribution in [3.05, 3.63) is 58.9 Å². The Morgan fingerprint density at radius 3 is 2.43 bits per heavy atom. The molecule has 2 N–H and O–H groups in total. The Morgan fingerprint density at radius 2 is 1.86 bits per heavy atom. The summed E-state index contributed by atoms with van der Waals surface area (Å²) in [4.78, 5) is 10.5. The van der Waals surface area contributed by atoms with E-state index in [4.69, 9.17) is 16.7 Å². The molecule has 0 aliphatic rings. The highest BCUT2D eigenvalue weighted by atomic mass is 35.5. The number of carboxylic acids is 1. The molecule has 0 bridgehead atoms. The number of hydrogen-bond acceptors (Lipinski definition) is 3. The fourth-order valence-electron chi connectivity index (χ4n) is 1.59. The minimum Gasteiger partial charge on any atom is -0.478 e. The number of halogens is 2. The topological polar surface area (TPSA) is 83.5 Å². The van der Waals surface area contributed by atoms with Gasteiger partial charge in [0.25, 0.3) is 10.0 Å². The zero-order valence-electron chi connectivity index (χ0n) is 10.4. The van der Waals surface area contributed by atoms with Crippen LogP contribution in [0.1, 0.15) is 10.4 Å². The van der Waals surface area contributed by atoms with Gasteiger partial charge in [0.1, 0.15) is 10.7 Å². The van der Waals surface area contributed by atoms with Gasteiger partial charge in [-0.1, -0.05) is 23.7 Å². The van der Waals surface area contributed by atoms with Gasteiger partial charge >= 0.3 is 5.97 Å². The van der Waals surface area contributed by atoms with E-state index in [-0.39, 0.29) is 21.2 Å². The van der Waals surface area contributed by atoms with Crippen LogP contribution in [0.4, 0.5) is 10.1 Å². The second-order valence-electron chi connectivity index (χ2n) is 4.04. The molecule has 2 rings (SSSR count). The molecule has 0 saturated heterocycles. The minimum atomic E-state index is -4.07. The van der Waals surface area contributed by atoms with E-state index in [1.807, 2.05) is 4.72 Å². The van der Waals surface area contributed by atoms with Crippen molar-refractivity contribution in [2.24, 2.45) is 0 Å². The van der Waals surface area contributed by atoms with E-state index in [2.05, 4.69) is 0 Å². The van der Waals surface area contributed by atoms with E-state index in [0.29, 0.717) is 0 Å². The summed E-state index contributed by atoms with van der Waals surface area (Å²) < 4.78 is 40.0. The SMILES string of the molecule is O=C(O)c1ccc(NS(=O)(=O)c2ccccc2Cl)c(F)c1. The number of hydrogen-bond donors (Lipinski definition) is 2. The first-order chi connectivity index (χ1) is 9.81. The quantitative estimate of drug-likeness (QED) is 0.903. The molecule has 0 fully saturated rings. The van der Waals surface area contributed by atoms with Gasteiger partial charge in [0.05, 0.1) is 16.3 Å². The highest BCUT2D eigenvalue weighted by Crippen LogP contribution is 2.25. The van der Waals surface area contributed by atoms with E-state index >= 15 is 0 Å². The largest absolute Gasteiger partial charge is 0.478 e. The average Bonchev–Trinajstić information content (AvgIpc) is 2.41. The summed E-state index contributed by atoms with van der Waals surface area (Å²) >= 11 is 5.79. The number of carboxylic acid groups (broad SMARTS) is 1. The highest BCUT2D eigenvalue weighted by molar-refractivity contribution is 7.92. The zero-order valence-corrected chi connectivity index (χ0v) is 12.0. The molecule has 0 aliphatic carbocycles. The smallest absolute Gasteiger partial charge is 0.335 e. The average molecular weight is 330 g/mol. The molecular weight excluding hydrogens is 321 g/mol. The van der Waals surface area contributed by atoms with Gasteiger partial charge in [-0.05, 0) is 30.3 Å². The number of carbonyl (C=O) groups is 1. The normalized spacial score (nSPS) is 11.1. The third kappa shape index (κ3) is 3.32. The molecule has 0 atom stereocenters. The van der Waals surface area contributed by atoms with E-state index < -0.39 is 21.8 Å². The summed E-state index contributed by atoms with van der Waals surface area (Å²) in [7, 11) is -4.07. The van der Waals surface area contributed by atoms with Crippen molar-refractivity contribution in [3.8, 4) is 0 Å². The number of sulfonamides is 1. The molecule has 8 heteroatoms. The molecule has 110 valence electrons. The molecule has 0 saturated carbocycles. The molecular formula is C13H9ClFNO4S. The molecule has 0 unspecified atom stereocenters. The first kappa shape index (κ1) is 15.3. The van der Waals surface area contributed by atoms with Crippen LogP contribution in [-0.2, 0) is 10.0 Å². The Morgan fingerprint density at radius 1 is 1.19 bits per heavy atom. The lowest BCUT2D eigenvalue weighted by atomic mass is 10.2. The van der Waals surface area contributed by atoms with Crippen LogP contribution in [0, 0.1) is 5.82 Å². The van der Waals surface area contributed by atoms with Crippen LogP contribution in [0.15, 0.2) is 47.4 Å². The van der Waals surface area contributed by atoms with Crippen molar-refractivity contribution in [2.45, 2.75) is 4.90 Å². The summed E-state index contributed by atoms with van der Waals surface area (Å²) in [5.74, 6) is -2.31. The van der Waals surface area contributed by atoms with Gasteiger partial charge in [-0.3, -0.25) is 4.72 Å². The minimum absolute atomic E-state index is 0.00688. The Labute approximate surface area is 125 Å². The summed E-state index contributed by atoms with van der Waals surface area (Å²) in [6.07, 6.45) is 0. The number of aromatic carboxylic acids is 1. The van der Waals surface area contributed by atoms with Crippen LogP contribution >= 0.6 is 11.6 Å². The molecule has 0 amide bonds. The van der Waals surface area contributed by atoms with E-state index in [9.17, 15) is 17.6 Å². The standard InChI is InChI=1S/C13H9ClFNO4S/c14-9-3-1-2-4-12(9)21(19,20)16-11-6-5-8(13(17)18)7-10(11)15/h1-7,16H,(H,17,18). The maximum absolute atomic E-state index is 13.7. The van der Waals surface area contributed by atoms with Gasteiger partial charge in [-0.25, -0.2) is 17.6 Å². The molecule has 21 heavy (non-hydrogen) atoms. The van der Waals surface area contributed by atoms with Gasteiger partial charge in [0.15, 0.2) is 0 Å². The van der Waals surface area contributed by atoms with E-state index in [0.717, 1.165) is 18.2 Å². The Kier molecular flexibility index (Phi) is 4.15. The second kappa shape index (κ2) is 5.71. The van der Waals surface area contributed by atoms with Crippen LogP contribution in [0.5, 0.6) is 0 Å². The highest BCUT2D eigenvalue weighted by Gasteiger charge is 2.19. The maximum atomic E-state index is 13.7. The predicted octanol–water partition coefficient (Wildman–Crippen LogP) is 2.98. The lowest BCUT2D eigenvalue weighted by molar-refractivity contribution is 0.0696. The number of benzene rings is 2. The van der Waals surface area contributed by atoms with Crippen molar-refractivity contribution < 1.29 is 22.7 Å². The van der Waals surface area contributed by atoms with E-state index in [1.54, 1.807) is 6.07 Å². The fraction of sp³-hybridized carbons (Fsp3) is 0. The van der Waals surface area contributed by atoms with Crippen LogP contribution < -0.4 is 4.72 Å². The monoisotopic (exact) mass is 329 g/mol. The maximum Gasteiger partial charge on any atom is 0.335 e. The Balaban J connectivity index is 2.38. The van der Waals surface area contributed by atoms with Crippen LogP contribution in [-0.4, -0.2) is 19.5 Å². The lowest BCUT2D eigenvalue weighted by Crippen LogP contribution is -2.14. The first-order valence-electron chi connectivity index (χ1n) is 5.61. The van der Waals surface area contributed by atoms with Crippen molar-refractivity contribution in [1.82, 2.24) is 0 Å². The molecule has 0 aliphatic heterocycles. The Hall–Kier alpha value is -2.12. The predicted molar refractivity (Wildman–Crippen MR) is 75.6 cm³/mol. The number of nitrogens with one attached hydrogen (secondary N) is 1. The molecule has 2 aromatic rings. The lowest BCUT2D eigenvalue weighted by Gasteiger charge is -2.10. The van der Waals surface area contributed by atoms with Crippen LogP contribution in [0.3, 0.4) is 0 Å². The van der Waals surface area contributed by atoms with Gasteiger partial charge in [0, 0.05) is 0 Å². The molecule has 0 spiro atoms. The third-order valence-corrected chi connectivity index (χ3v) is 4.45. The molecule has 0 radical (unpaired) electrons. The fourth-order valence-corrected chi connectivity index (χ4v) is 3.18. The van der Waals surface area contributed by atoms with Gasteiger partial charge in [-0.15, -0.1) is 0 Å². The van der Waals surface area contributed by atoms with E-state index in [1.165, 1.54) is 18.2 Å². The number of anilines is 1. The molecule has 0 heterocycles. The van der Waals surface area contributed by atoms with Crippen LogP contribution in [0.25, 0.3) is 0 Å². The summed E-state index contributed by atoms with van der Waals surface area (Å²) in [5, 5.41) is 8.72. The molecule has 5 nitrogen and oxygen atoms in total. The van der Waals surface area contributed by atoms with Crippen LogP contribution in [0.2, 0.25) is 5.02 Å².